The monoisotopic (exact) mass is 502 g/mol. The number of aryl methyl sites for hydroxylation is 1. The average molecular weight is 503 g/mol. The summed E-state index contributed by atoms with van der Waals surface area (Å²) >= 11 is 0. The summed E-state index contributed by atoms with van der Waals surface area (Å²) in [7, 11) is 1.76. The van der Waals surface area contributed by atoms with E-state index in [2.05, 4.69) is 27.8 Å². The number of para-hydroxylation sites is 1. The molecule has 8 nitrogen and oxygen atoms in total. The van der Waals surface area contributed by atoms with E-state index in [0.717, 1.165) is 66.4 Å². The predicted octanol–water partition coefficient (Wildman–Crippen LogP) is 4.27. The largest absolute Gasteiger partial charge is 0.360 e. The van der Waals surface area contributed by atoms with Crippen molar-refractivity contribution in [2.45, 2.75) is 76.9 Å². The summed E-state index contributed by atoms with van der Waals surface area (Å²) in [4.78, 5) is 41.8. The molecule has 2 fully saturated rings. The molecular formula is C29H38N6O2. The summed E-state index contributed by atoms with van der Waals surface area (Å²) in [5.41, 5.74) is 3.83. The van der Waals surface area contributed by atoms with Crippen molar-refractivity contribution in [1.29, 1.82) is 0 Å². The highest BCUT2D eigenvalue weighted by molar-refractivity contribution is 5.94. The lowest BCUT2D eigenvalue weighted by atomic mass is 9.83. The Bertz CT molecular complexity index is 1260. The molecule has 1 aliphatic heterocycles. The number of aromatic nitrogens is 3. The Kier molecular flexibility index (Phi) is 7.55. The van der Waals surface area contributed by atoms with E-state index in [0.29, 0.717) is 12.4 Å². The van der Waals surface area contributed by atoms with Crippen molar-refractivity contribution >= 4 is 22.7 Å². The van der Waals surface area contributed by atoms with Crippen LogP contribution in [0, 0.1) is 12.8 Å². The smallest absolute Gasteiger partial charge is 0.246 e. The van der Waals surface area contributed by atoms with Crippen molar-refractivity contribution in [3.63, 3.8) is 0 Å². The van der Waals surface area contributed by atoms with Crippen LogP contribution in [-0.4, -0.2) is 57.3 Å². The zero-order valence-electron chi connectivity index (χ0n) is 22.1. The van der Waals surface area contributed by atoms with Crippen LogP contribution in [0.3, 0.4) is 0 Å². The molecule has 1 saturated carbocycles. The summed E-state index contributed by atoms with van der Waals surface area (Å²) in [5.74, 6) is 0.763. The van der Waals surface area contributed by atoms with Gasteiger partial charge in [0.15, 0.2) is 0 Å². The van der Waals surface area contributed by atoms with Gasteiger partial charge < -0.3 is 20.5 Å². The highest BCUT2D eigenvalue weighted by atomic mass is 16.2. The number of likely N-dealkylation sites (tertiary alicyclic amines) is 1. The number of amides is 2. The molecule has 2 amide bonds. The number of hydrogen-bond donors (Lipinski definition) is 3. The van der Waals surface area contributed by atoms with E-state index in [1.807, 2.05) is 43.1 Å². The fourth-order valence-electron chi connectivity index (χ4n) is 5.96. The standard InChI is InChI=1S/C29H38N6O2/c1-18(30-3)28(36)34-27(20-10-5-4-6-11-20)29(37)35-15-9-14-26(35)25-16-24(32-19(2)33-25)22-17-31-23-13-8-7-12-21(22)23/h7-8,12-13,16-18,20,26-27,30-31H,4-6,9-11,14-15H2,1-3H3,(H,34,36). The minimum atomic E-state index is -0.500. The van der Waals surface area contributed by atoms with Crippen LogP contribution < -0.4 is 10.6 Å². The van der Waals surface area contributed by atoms with Crippen molar-refractivity contribution in [2.24, 2.45) is 5.92 Å². The van der Waals surface area contributed by atoms with Crippen LogP contribution in [0.1, 0.15) is 69.4 Å². The van der Waals surface area contributed by atoms with Gasteiger partial charge in [0.2, 0.25) is 11.8 Å². The third kappa shape index (κ3) is 5.25. The van der Waals surface area contributed by atoms with Crippen LogP contribution in [0.15, 0.2) is 36.5 Å². The lowest BCUT2D eigenvalue weighted by Gasteiger charge is -2.35. The second kappa shape index (κ2) is 11.0. The number of carbonyl (C=O) groups is 2. The Balaban J connectivity index is 1.44. The van der Waals surface area contributed by atoms with Gasteiger partial charge in [-0.05, 0) is 64.6 Å². The molecule has 196 valence electrons. The maximum atomic E-state index is 14.1. The molecule has 2 aromatic heterocycles. The van der Waals surface area contributed by atoms with Crippen molar-refractivity contribution in [2.75, 3.05) is 13.6 Å². The van der Waals surface area contributed by atoms with E-state index >= 15 is 0 Å². The molecule has 1 aliphatic carbocycles. The zero-order chi connectivity index (χ0) is 25.9. The molecule has 8 heteroatoms. The van der Waals surface area contributed by atoms with Crippen molar-refractivity contribution in [3.8, 4) is 11.3 Å². The van der Waals surface area contributed by atoms with Crippen molar-refractivity contribution in [3.05, 3.63) is 48.0 Å². The minimum absolute atomic E-state index is 0.0240. The lowest BCUT2D eigenvalue weighted by molar-refractivity contribution is -0.139. The molecule has 3 unspecified atom stereocenters. The quantitative estimate of drug-likeness (QED) is 0.448. The van der Waals surface area contributed by atoms with Gasteiger partial charge in [-0.2, -0.15) is 0 Å². The van der Waals surface area contributed by atoms with Gasteiger partial charge in [-0.1, -0.05) is 37.5 Å². The first kappa shape index (κ1) is 25.4. The highest BCUT2D eigenvalue weighted by Crippen LogP contribution is 2.36. The van der Waals surface area contributed by atoms with Gasteiger partial charge in [-0.3, -0.25) is 9.59 Å². The van der Waals surface area contributed by atoms with Gasteiger partial charge in [0.25, 0.3) is 0 Å². The second-order valence-electron chi connectivity index (χ2n) is 10.6. The molecule has 3 atom stereocenters. The normalized spacial score (nSPS) is 20.2. The third-order valence-corrected chi connectivity index (χ3v) is 8.11. The first-order valence-electron chi connectivity index (χ1n) is 13.7. The molecule has 0 spiro atoms. The van der Waals surface area contributed by atoms with E-state index in [1.165, 1.54) is 6.42 Å². The Hall–Kier alpha value is -3.26. The SMILES string of the molecule is CNC(C)C(=O)NC(C(=O)N1CCCC1c1cc(-c2c[nH]c3ccccc23)nc(C)n1)C1CCCCC1. The summed E-state index contributed by atoms with van der Waals surface area (Å²) in [5, 5.41) is 7.24. The third-order valence-electron chi connectivity index (χ3n) is 8.11. The molecule has 3 heterocycles. The Morgan fingerprint density at radius 2 is 1.86 bits per heavy atom. The molecule has 5 rings (SSSR count). The van der Waals surface area contributed by atoms with E-state index in [-0.39, 0.29) is 29.8 Å². The topological polar surface area (TPSA) is 103 Å². The Labute approximate surface area is 218 Å². The highest BCUT2D eigenvalue weighted by Gasteiger charge is 2.39. The first-order valence-corrected chi connectivity index (χ1v) is 13.7. The minimum Gasteiger partial charge on any atom is -0.360 e. The summed E-state index contributed by atoms with van der Waals surface area (Å²) in [6.07, 6.45) is 9.12. The van der Waals surface area contributed by atoms with Crippen LogP contribution in [0.25, 0.3) is 22.2 Å². The summed E-state index contributed by atoms with van der Waals surface area (Å²) < 4.78 is 0. The van der Waals surface area contributed by atoms with Crippen molar-refractivity contribution in [1.82, 2.24) is 30.5 Å². The summed E-state index contributed by atoms with van der Waals surface area (Å²) in [6, 6.07) is 9.25. The maximum Gasteiger partial charge on any atom is 0.246 e. The van der Waals surface area contributed by atoms with Crippen LogP contribution in [0.2, 0.25) is 0 Å². The first-order chi connectivity index (χ1) is 18.0. The number of carbonyl (C=O) groups excluding carboxylic acids is 2. The number of aromatic amines is 1. The number of benzene rings is 1. The van der Waals surface area contributed by atoms with Gasteiger partial charge in [0.1, 0.15) is 11.9 Å². The number of fused-ring (bicyclic) bond motifs is 1. The number of hydrogen-bond acceptors (Lipinski definition) is 5. The average Bonchev–Trinajstić information content (AvgIpc) is 3.59. The Morgan fingerprint density at radius 1 is 1.08 bits per heavy atom. The van der Waals surface area contributed by atoms with Gasteiger partial charge in [-0.25, -0.2) is 9.97 Å². The fraction of sp³-hybridized carbons (Fsp3) is 0.517. The van der Waals surface area contributed by atoms with E-state index < -0.39 is 6.04 Å². The molecule has 1 aromatic carbocycles. The molecule has 0 bridgehead atoms. The predicted molar refractivity (Wildman–Crippen MR) is 145 cm³/mol. The number of H-pyrrole nitrogens is 1. The molecule has 0 radical (unpaired) electrons. The fourth-order valence-corrected chi connectivity index (χ4v) is 5.96. The summed E-state index contributed by atoms with van der Waals surface area (Å²) in [6.45, 7) is 4.41. The van der Waals surface area contributed by atoms with E-state index in [4.69, 9.17) is 9.97 Å². The van der Waals surface area contributed by atoms with Crippen LogP contribution in [0.5, 0.6) is 0 Å². The van der Waals surface area contributed by atoms with Gasteiger partial charge in [-0.15, -0.1) is 0 Å². The number of nitrogens with zero attached hydrogens (tertiary/aromatic N) is 3. The van der Waals surface area contributed by atoms with E-state index in [1.54, 1.807) is 7.05 Å². The number of likely N-dealkylation sites (N-methyl/N-ethyl adjacent to an activating group) is 1. The number of rotatable bonds is 7. The van der Waals surface area contributed by atoms with Crippen LogP contribution >= 0.6 is 0 Å². The van der Waals surface area contributed by atoms with Crippen molar-refractivity contribution < 1.29 is 9.59 Å². The molecule has 1 saturated heterocycles. The van der Waals surface area contributed by atoms with E-state index in [9.17, 15) is 9.59 Å². The maximum absolute atomic E-state index is 14.1. The lowest BCUT2D eigenvalue weighted by Crippen LogP contribution is -2.55. The van der Waals surface area contributed by atoms with Crippen LogP contribution in [-0.2, 0) is 9.59 Å². The second-order valence-corrected chi connectivity index (χ2v) is 10.6. The van der Waals surface area contributed by atoms with Gasteiger partial charge in [0.05, 0.1) is 23.5 Å². The van der Waals surface area contributed by atoms with Gasteiger partial charge >= 0.3 is 0 Å². The van der Waals surface area contributed by atoms with Crippen LogP contribution in [0.4, 0.5) is 0 Å². The molecule has 2 aliphatic rings. The zero-order valence-corrected chi connectivity index (χ0v) is 22.1. The molecule has 3 N–H and O–H groups in total. The number of nitrogens with one attached hydrogen (secondary N) is 3. The molecular weight excluding hydrogens is 464 g/mol. The molecule has 3 aromatic rings. The Morgan fingerprint density at radius 3 is 2.65 bits per heavy atom. The van der Waals surface area contributed by atoms with Gasteiger partial charge in [0, 0.05) is 29.2 Å². The molecule has 37 heavy (non-hydrogen) atoms.